The van der Waals surface area contributed by atoms with E-state index in [0.717, 1.165) is 0 Å². The monoisotopic (exact) mass is 191 g/mol. The molecule has 1 aromatic carbocycles. The average Bonchev–Trinajstić information content (AvgIpc) is 2.19. The molecule has 3 N–H and O–H groups in total. The van der Waals surface area contributed by atoms with Gasteiger partial charge in [0.15, 0.2) is 11.5 Å². The van der Waals surface area contributed by atoms with Crippen molar-refractivity contribution in [3.05, 3.63) is 23.8 Å². The first kappa shape index (κ1) is 10.4. The van der Waals surface area contributed by atoms with E-state index in [-0.39, 0.29) is 11.5 Å². The van der Waals surface area contributed by atoms with E-state index in [1.54, 1.807) is 19.1 Å². The minimum Gasteiger partial charge on any atom is -0.504 e. The van der Waals surface area contributed by atoms with Crippen molar-refractivity contribution < 1.29 is 10.2 Å². The molecule has 0 bridgehead atoms. The van der Waals surface area contributed by atoms with Gasteiger partial charge in [-0.15, -0.1) is 5.92 Å². The van der Waals surface area contributed by atoms with Crippen molar-refractivity contribution in [1.82, 2.24) is 5.32 Å². The minimum absolute atomic E-state index is 0.0653. The Morgan fingerprint density at radius 3 is 2.86 bits per heavy atom. The normalized spacial score (nSPS) is 9.21. The number of hydrogen-bond acceptors (Lipinski definition) is 3. The second-order valence-electron chi connectivity index (χ2n) is 2.82. The van der Waals surface area contributed by atoms with Gasteiger partial charge in [-0.05, 0) is 13.0 Å². The molecule has 0 atom stereocenters. The molecule has 0 amide bonds. The van der Waals surface area contributed by atoms with Gasteiger partial charge in [-0.1, -0.05) is 18.1 Å². The van der Waals surface area contributed by atoms with E-state index in [0.29, 0.717) is 18.7 Å². The van der Waals surface area contributed by atoms with Crippen molar-refractivity contribution in [2.45, 2.75) is 13.5 Å². The quantitative estimate of drug-likeness (QED) is 0.382. The molecule has 0 unspecified atom stereocenters. The van der Waals surface area contributed by atoms with Crippen molar-refractivity contribution in [1.29, 1.82) is 0 Å². The Labute approximate surface area is 83.4 Å². The van der Waals surface area contributed by atoms with Crippen molar-refractivity contribution in [2.24, 2.45) is 0 Å². The lowest BCUT2D eigenvalue weighted by Crippen LogP contribution is -2.13. The second kappa shape index (κ2) is 5.15. The Morgan fingerprint density at radius 1 is 1.36 bits per heavy atom. The van der Waals surface area contributed by atoms with Crippen LogP contribution in [0.4, 0.5) is 0 Å². The van der Waals surface area contributed by atoms with Crippen LogP contribution in [0.15, 0.2) is 18.2 Å². The standard InChI is InChI=1S/C11H13NO2/c1-2-3-7-12-8-9-5-4-6-10(13)11(9)14/h4-6,12-14H,7-8H2,1H3. The molecule has 0 aliphatic rings. The van der Waals surface area contributed by atoms with Gasteiger partial charge in [0, 0.05) is 12.1 Å². The Hall–Kier alpha value is -1.66. The number of phenols is 2. The fraction of sp³-hybridized carbons (Fsp3) is 0.273. The van der Waals surface area contributed by atoms with Crippen LogP contribution in [0.25, 0.3) is 0 Å². The second-order valence-corrected chi connectivity index (χ2v) is 2.82. The fourth-order valence-electron chi connectivity index (χ4n) is 1.07. The zero-order valence-electron chi connectivity index (χ0n) is 8.04. The SMILES string of the molecule is CC#CCNCc1cccc(O)c1O. The minimum atomic E-state index is -0.0918. The van der Waals surface area contributed by atoms with Crippen molar-refractivity contribution in [3.8, 4) is 23.3 Å². The third kappa shape index (κ3) is 2.68. The van der Waals surface area contributed by atoms with Gasteiger partial charge >= 0.3 is 0 Å². The first-order valence-electron chi connectivity index (χ1n) is 4.36. The van der Waals surface area contributed by atoms with Crippen LogP contribution in [0.2, 0.25) is 0 Å². The van der Waals surface area contributed by atoms with Gasteiger partial charge in [-0.25, -0.2) is 0 Å². The molecule has 0 aliphatic heterocycles. The molecule has 1 rings (SSSR count). The molecule has 74 valence electrons. The molecule has 0 spiro atoms. The predicted molar refractivity (Wildman–Crippen MR) is 54.9 cm³/mol. The highest BCUT2D eigenvalue weighted by Crippen LogP contribution is 2.27. The zero-order valence-corrected chi connectivity index (χ0v) is 8.04. The summed E-state index contributed by atoms with van der Waals surface area (Å²) in [6.45, 7) is 2.84. The summed E-state index contributed by atoms with van der Waals surface area (Å²) >= 11 is 0. The number of phenolic OH excluding ortho intramolecular Hbond substituents is 2. The van der Waals surface area contributed by atoms with Crippen LogP contribution in [0, 0.1) is 11.8 Å². The molecule has 0 heterocycles. The summed E-state index contributed by atoms with van der Waals surface area (Å²) in [5.74, 6) is 5.45. The molecular formula is C11H13NO2. The molecule has 14 heavy (non-hydrogen) atoms. The van der Waals surface area contributed by atoms with E-state index in [9.17, 15) is 10.2 Å². The summed E-state index contributed by atoms with van der Waals surface area (Å²) in [5.41, 5.74) is 0.669. The van der Waals surface area contributed by atoms with Gasteiger partial charge < -0.3 is 15.5 Å². The fourth-order valence-corrected chi connectivity index (χ4v) is 1.07. The van der Waals surface area contributed by atoms with Gasteiger partial charge in [0.1, 0.15) is 0 Å². The van der Waals surface area contributed by atoms with E-state index >= 15 is 0 Å². The zero-order chi connectivity index (χ0) is 10.4. The van der Waals surface area contributed by atoms with E-state index in [1.165, 1.54) is 6.07 Å². The maximum absolute atomic E-state index is 9.43. The molecule has 1 aromatic rings. The van der Waals surface area contributed by atoms with E-state index < -0.39 is 0 Å². The summed E-state index contributed by atoms with van der Waals surface area (Å²) in [6.07, 6.45) is 0. The van der Waals surface area contributed by atoms with Crippen LogP contribution in [0.3, 0.4) is 0 Å². The van der Waals surface area contributed by atoms with Crippen LogP contribution >= 0.6 is 0 Å². The smallest absolute Gasteiger partial charge is 0.161 e. The van der Waals surface area contributed by atoms with Gasteiger partial charge in [-0.2, -0.15) is 0 Å². The third-order valence-corrected chi connectivity index (χ3v) is 1.80. The van der Waals surface area contributed by atoms with E-state index in [4.69, 9.17) is 0 Å². The summed E-state index contributed by atoms with van der Waals surface area (Å²) in [6, 6.07) is 4.89. The van der Waals surface area contributed by atoms with Crippen LogP contribution in [-0.4, -0.2) is 16.8 Å². The molecule has 3 heteroatoms. The topological polar surface area (TPSA) is 52.5 Å². The first-order valence-corrected chi connectivity index (χ1v) is 4.36. The molecule has 0 radical (unpaired) electrons. The molecule has 0 aliphatic carbocycles. The highest BCUT2D eigenvalue weighted by Gasteiger charge is 2.03. The van der Waals surface area contributed by atoms with Crippen LogP contribution in [-0.2, 0) is 6.54 Å². The van der Waals surface area contributed by atoms with Crippen molar-refractivity contribution >= 4 is 0 Å². The van der Waals surface area contributed by atoms with Gasteiger partial charge in [-0.3, -0.25) is 0 Å². The Morgan fingerprint density at radius 2 is 2.14 bits per heavy atom. The number of benzene rings is 1. The lowest BCUT2D eigenvalue weighted by Gasteiger charge is -2.05. The molecule has 0 fully saturated rings. The lowest BCUT2D eigenvalue weighted by atomic mass is 10.2. The molecular weight excluding hydrogens is 178 g/mol. The van der Waals surface area contributed by atoms with Gasteiger partial charge in [0.2, 0.25) is 0 Å². The Balaban J connectivity index is 2.57. The van der Waals surface area contributed by atoms with Crippen LogP contribution in [0.5, 0.6) is 11.5 Å². The lowest BCUT2D eigenvalue weighted by molar-refractivity contribution is 0.398. The van der Waals surface area contributed by atoms with Crippen molar-refractivity contribution in [3.63, 3.8) is 0 Å². The number of rotatable bonds is 3. The van der Waals surface area contributed by atoms with Crippen LogP contribution < -0.4 is 5.32 Å². The third-order valence-electron chi connectivity index (χ3n) is 1.80. The highest BCUT2D eigenvalue weighted by atomic mass is 16.3. The Kier molecular flexibility index (Phi) is 3.84. The van der Waals surface area contributed by atoms with Crippen LogP contribution in [0.1, 0.15) is 12.5 Å². The summed E-state index contributed by atoms with van der Waals surface area (Å²) in [5, 5.41) is 21.7. The molecule has 0 saturated carbocycles. The number of aromatic hydroxyl groups is 2. The largest absolute Gasteiger partial charge is 0.504 e. The highest BCUT2D eigenvalue weighted by molar-refractivity contribution is 5.44. The number of para-hydroxylation sites is 1. The molecule has 3 nitrogen and oxygen atoms in total. The molecule has 0 aromatic heterocycles. The average molecular weight is 191 g/mol. The summed E-state index contributed by atoms with van der Waals surface area (Å²) in [7, 11) is 0. The number of hydrogen-bond donors (Lipinski definition) is 3. The maximum atomic E-state index is 9.43. The maximum Gasteiger partial charge on any atom is 0.161 e. The first-order chi connectivity index (χ1) is 6.75. The number of nitrogens with one attached hydrogen (secondary N) is 1. The summed E-state index contributed by atoms with van der Waals surface area (Å²) in [4.78, 5) is 0. The van der Waals surface area contributed by atoms with E-state index in [2.05, 4.69) is 17.2 Å². The van der Waals surface area contributed by atoms with Crippen molar-refractivity contribution in [2.75, 3.05) is 6.54 Å². The molecule has 0 saturated heterocycles. The van der Waals surface area contributed by atoms with E-state index in [1.807, 2.05) is 0 Å². The van der Waals surface area contributed by atoms with Gasteiger partial charge in [0.25, 0.3) is 0 Å². The van der Waals surface area contributed by atoms with Gasteiger partial charge in [0.05, 0.1) is 6.54 Å². The summed E-state index contributed by atoms with van der Waals surface area (Å²) < 4.78 is 0. The predicted octanol–water partition coefficient (Wildman–Crippen LogP) is 1.21. The Bertz CT molecular complexity index is 363.